The summed E-state index contributed by atoms with van der Waals surface area (Å²) >= 11 is 0. The van der Waals surface area contributed by atoms with Crippen LogP contribution in [0.1, 0.15) is 0 Å². The Morgan fingerprint density at radius 2 is 0.447 bits per heavy atom. The largest absolute Gasteiger partial charge is 0.278 e. The average molecular weight is 973 g/mol. The summed E-state index contributed by atoms with van der Waals surface area (Å²) in [4.78, 5) is 32.1. The first kappa shape index (κ1) is 42.0. The van der Waals surface area contributed by atoms with Crippen LogP contribution in [-0.2, 0) is 0 Å². The van der Waals surface area contributed by atoms with Crippen molar-refractivity contribution in [3.8, 4) is 57.7 Å². The van der Waals surface area contributed by atoms with Crippen molar-refractivity contribution in [2.24, 2.45) is 0 Å². The van der Waals surface area contributed by atoms with E-state index < -0.39 is 0 Å². The van der Waals surface area contributed by atoms with Gasteiger partial charge in [0, 0.05) is 54.2 Å². The number of fused-ring (bicyclic) bond motifs is 12. The van der Waals surface area contributed by atoms with Gasteiger partial charge in [-0.3, -0.25) is 18.3 Å². The van der Waals surface area contributed by atoms with Gasteiger partial charge in [0.1, 0.15) is 0 Å². The van der Waals surface area contributed by atoms with E-state index in [2.05, 4.69) is 225 Å². The predicted molar refractivity (Wildman–Crippen MR) is 307 cm³/mol. The van der Waals surface area contributed by atoms with Crippen molar-refractivity contribution in [1.29, 1.82) is 0 Å². The summed E-state index contributed by atoms with van der Waals surface area (Å²) in [5.41, 5.74) is 11.9. The predicted octanol–water partition coefficient (Wildman–Crippen LogP) is 15.4. The molecule has 0 saturated carbocycles. The molecule has 16 rings (SSSR count). The van der Waals surface area contributed by atoms with Gasteiger partial charge < -0.3 is 0 Å². The molecule has 6 heterocycles. The second-order valence-corrected chi connectivity index (χ2v) is 19.1. The molecule has 0 bridgehead atoms. The Bertz CT molecular complexity index is 4580. The van der Waals surface area contributed by atoms with Crippen LogP contribution in [0.15, 0.2) is 243 Å². The lowest BCUT2D eigenvalue weighted by atomic mass is 9.95. The quantitative estimate of drug-likeness (QED) is 0.158. The summed E-state index contributed by atoms with van der Waals surface area (Å²) < 4.78 is 8.74. The van der Waals surface area contributed by atoms with Gasteiger partial charge >= 0.3 is 0 Å². The summed E-state index contributed by atoms with van der Waals surface area (Å²) in [5, 5.41) is 8.86. The molecular formula is C66H40N10. The van der Waals surface area contributed by atoms with Crippen LogP contribution < -0.4 is 0 Å². The highest BCUT2D eigenvalue weighted by Crippen LogP contribution is 2.44. The molecule has 0 aliphatic heterocycles. The average Bonchev–Trinajstić information content (AvgIpc) is 4.33. The summed E-state index contributed by atoms with van der Waals surface area (Å²) in [7, 11) is 0. The van der Waals surface area contributed by atoms with Gasteiger partial charge in [-0.2, -0.15) is 29.9 Å². The van der Waals surface area contributed by atoms with Crippen LogP contribution in [-0.4, -0.2) is 48.2 Å². The maximum atomic E-state index is 5.44. The lowest BCUT2D eigenvalue weighted by Gasteiger charge is -2.13. The summed E-state index contributed by atoms with van der Waals surface area (Å²) in [6.07, 6.45) is 0. The van der Waals surface area contributed by atoms with Crippen molar-refractivity contribution < 1.29 is 0 Å². The fourth-order valence-electron chi connectivity index (χ4n) is 11.7. The van der Waals surface area contributed by atoms with Gasteiger partial charge in [0.05, 0.1) is 44.1 Å². The van der Waals surface area contributed by atoms with Gasteiger partial charge in [0.15, 0.2) is 11.6 Å². The van der Waals surface area contributed by atoms with Crippen LogP contribution in [0.3, 0.4) is 0 Å². The molecule has 0 saturated heterocycles. The van der Waals surface area contributed by atoms with Crippen LogP contribution >= 0.6 is 0 Å². The molecule has 0 spiro atoms. The van der Waals surface area contributed by atoms with Gasteiger partial charge in [-0.05, 0) is 59.7 Å². The highest BCUT2D eigenvalue weighted by molar-refractivity contribution is 6.22. The third-order valence-corrected chi connectivity index (χ3v) is 14.9. The van der Waals surface area contributed by atoms with Crippen LogP contribution in [0.5, 0.6) is 0 Å². The number of aromatic nitrogens is 10. The second-order valence-electron chi connectivity index (χ2n) is 19.1. The highest BCUT2D eigenvalue weighted by atomic mass is 15.3. The SMILES string of the molecule is c1ccc(-c2nc(-n3c4ccccc4c4ccccc43)nc(-n3c4ccccc4c4c(-c5cccc6c5c5ccccc5n6-c5nc(-c6ccccc6)nc(-n6c7ccccc7c7ccccc76)n5)cccc43)n2)cc1. The number of nitrogens with zero attached hydrogens (tertiary/aromatic N) is 10. The topological polar surface area (TPSA) is 97.1 Å². The van der Waals surface area contributed by atoms with E-state index in [1.54, 1.807) is 0 Å². The Balaban J connectivity index is 0.947. The number of para-hydroxylation sites is 6. The molecule has 0 aliphatic rings. The fourth-order valence-corrected chi connectivity index (χ4v) is 11.7. The molecule has 16 aromatic rings. The Hall–Kier alpha value is -10.6. The first-order valence-corrected chi connectivity index (χ1v) is 25.4. The molecule has 0 atom stereocenters. The van der Waals surface area contributed by atoms with E-state index >= 15 is 0 Å². The van der Waals surface area contributed by atoms with Crippen molar-refractivity contribution in [2.75, 3.05) is 0 Å². The monoisotopic (exact) mass is 972 g/mol. The Kier molecular flexibility index (Phi) is 9.10. The molecule has 10 heteroatoms. The minimum atomic E-state index is 0.520. The Morgan fingerprint density at radius 1 is 0.197 bits per heavy atom. The first-order chi connectivity index (χ1) is 37.7. The molecule has 10 nitrogen and oxygen atoms in total. The fraction of sp³-hybridized carbons (Fsp3) is 0. The van der Waals surface area contributed by atoms with Crippen LogP contribution in [0.2, 0.25) is 0 Å². The maximum Gasteiger partial charge on any atom is 0.240 e. The minimum Gasteiger partial charge on any atom is -0.278 e. The van der Waals surface area contributed by atoms with Crippen molar-refractivity contribution >= 4 is 87.2 Å². The normalized spacial score (nSPS) is 11.9. The number of hydrogen-bond acceptors (Lipinski definition) is 6. The van der Waals surface area contributed by atoms with Crippen molar-refractivity contribution in [1.82, 2.24) is 48.2 Å². The third-order valence-electron chi connectivity index (χ3n) is 14.9. The molecule has 0 N–H and O–H groups in total. The first-order valence-electron chi connectivity index (χ1n) is 25.4. The number of hydrogen-bond donors (Lipinski definition) is 0. The molecule has 6 aromatic heterocycles. The van der Waals surface area contributed by atoms with Crippen LogP contribution in [0.25, 0.3) is 145 Å². The van der Waals surface area contributed by atoms with E-state index in [-0.39, 0.29) is 0 Å². The van der Waals surface area contributed by atoms with Gasteiger partial charge in [-0.15, -0.1) is 0 Å². The van der Waals surface area contributed by atoms with Crippen molar-refractivity contribution in [2.45, 2.75) is 0 Å². The Morgan fingerprint density at radius 3 is 0.776 bits per heavy atom. The third kappa shape index (κ3) is 6.21. The molecule has 0 unspecified atom stereocenters. The zero-order chi connectivity index (χ0) is 49.8. The molecule has 76 heavy (non-hydrogen) atoms. The molecule has 0 amide bonds. The van der Waals surface area contributed by atoms with Gasteiger partial charge in [0.2, 0.25) is 23.8 Å². The lowest BCUT2D eigenvalue weighted by molar-refractivity contribution is 0.892. The van der Waals surface area contributed by atoms with Crippen molar-refractivity contribution in [3.05, 3.63) is 243 Å². The summed E-state index contributed by atoms with van der Waals surface area (Å²) in [5.74, 6) is 3.28. The zero-order valence-electron chi connectivity index (χ0n) is 40.6. The van der Waals surface area contributed by atoms with Crippen LogP contribution in [0, 0.1) is 0 Å². The van der Waals surface area contributed by atoms with Crippen LogP contribution in [0.4, 0.5) is 0 Å². The van der Waals surface area contributed by atoms with E-state index in [1.165, 1.54) is 0 Å². The molecular weight excluding hydrogens is 933 g/mol. The minimum absolute atomic E-state index is 0.520. The maximum absolute atomic E-state index is 5.44. The van der Waals surface area contributed by atoms with E-state index in [0.717, 1.165) is 109 Å². The van der Waals surface area contributed by atoms with E-state index in [4.69, 9.17) is 29.9 Å². The second kappa shape index (κ2) is 16.5. The summed E-state index contributed by atoms with van der Waals surface area (Å²) in [6, 6.07) is 84.5. The van der Waals surface area contributed by atoms with Gasteiger partial charge in [0.25, 0.3) is 0 Å². The molecule has 0 fully saturated rings. The van der Waals surface area contributed by atoms with Gasteiger partial charge in [-0.25, -0.2) is 0 Å². The standard InChI is InChI=1S/C66H40N10/c1-3-21-41(22-4-1)61-67-63(73-51-33-13-7-25-43(51)44-26-8-14-34-52(44)73)71-65(69-61)75-55-37-17-11-29-49(55)59-47(31-19-39-57(59)75)48-32-20-40-58-60(48)50-30-12-18-38-56(50)76(58)66-70-62(42-23-5-2-6-24-42)68-64(72-66)74-53-35-15-9-27-45(53)46-28-10-16-36-54(46)74/h1-40H. The van der Waals surface area contributed by atoms with E-state index in [0.29, 0.717) is 35.4 Å². The van der Waals surface area contributed by atoms with E-state index in [9.17, 15) is 0 Å². The molecule has 354 valence electrons. The molecule has 10 aromatic carbocycles. The summed E-state index contributed by atoms with van der Waals surface area (Å²) in [6.45, 7) is 0. The lowest BCUT2D eigenvalue weighted by Crippen LogP contribution is -2.10. The number of benzene rings is 10. The zero-order valence-corrected chi connectivity index (χ0v) is 40.6. The molecule has 0 radical (unpaired) electrons. The van der Waals surface area contributed by atoms with Crippen molar-refractivity contribution in [3.63, 3.8) is 0 Å². The van der Waals surface area contributed by atoms with Gasteiger partial charge in [-0.1, -0.05) is 194 Å². The number of rotatable bonds is 7. The van der Waals surface area contributed by atoms with E-state index in [1.807, 2.05) is 36.4 Å². The highest BCUT2D eigenvalue weighted by Gasteiger charge is 2.25. The Labute approximate surface area is 433 Å². The smallest absolute Gasteiger partial charge is 0.240 e. The molecule has 0 aliphatic carbocycles.